The number of phenolic OH excluding ortho intramolecular Hbond substituents is 1. The van der Waals surface area contributed by atoms with Crippen molar-refractivity contribution in [1.29, 1.82) is 0 Å². The Labute approximate surface area is 147 Å². The summed E-state index contributed by atoms with van der Waals surface area (Å²) in [7, 11) is 0. The number of azo groups is 1. The first kappa shape index (κ1) is 16.6. The molecule has 124 valence electrons. The van der Waals surface area contributed by atoms with Gasteiger partial charge in [0.05, 0.1) is 17.1 Å². The van der Waals surface area contributed by atoms with E-state index in [1.54, 1.807) is 24.4 Å². The molecule has 0 saturated carbocycles. The molecule has 0 unspecified atom stereocenters. The van der Waals surface area contributed by atoms with Crippen LogP contribution in [0.5, 0.6) is 5.75 Å². The van der Waals surface area contributed by atoms with Gasteiger partial charge in [0.15, 0.2) is 0 Å². The normalized spacial score (nSPS) is 11.4. The van der Waals surface area contributed by atoms with Crippen molar-refractivity contribution < 1.29 is 5.11 Å². The van der Waals surface area contributed by atoms with Gasteiger partial charge in [-0.3, -0.25) is 4.99 Å². The van der Waals surface area contributed by atoms with E-state index in [1.165, 1.54) is 5.56 Å². The van der Waals surface area contributed by atoms with Crippen LogP contribution in [-0.4, -0.2) is 11.3 Å². The number of phenols is 1. The molecule has 4 heteroatoms. The van der Waals surface area contributed by atoms with Gasteiger partial charge >= 0.3 is 0 Å². The van der Waals surface area contributed by atoms with Gasteiger partial charge in [0, 0.05) is 11.8 Å². The van der Waals surface area contributed by atoms with Crippen LogP contribution in [0.3, 0.4) is 0 Å². The third-order valence-electron chi connectivity index (χ3n) is 3.75. The number of hydrogen-bond acceptors (Lipinski definition) is 4. The minimum Gasteiger partial charge on any atom is -0.507 e. The van der Waals surface area contributed by atoms with Crippen LogP contribution in [0.4, 0.5) is 17.1 Å². The second-order valence-electron chi connectivity index (χ2n) is 5.56. The number of para-hydroxylation sites is 1. The zero-order valence-electron chi connectivity index (χ0n) is 14.0. The molecular formula is C21H19N3O. The fourth-order valence-electron chi connectivity index (χ4n) is 2.28. The van der Waals surface area contributed by atoms with E-state index < -0.39 is 0 Å². The molecular weight excluding hydrogens is 310 g/mol. The standard InChI is InChI=1S/C21H19N3O/c1-2-16-8-10-19(11-9-16)23-24-20-12-13-21(25)17(14-20)15-22-18-6-4-3-5-7-18/h3-15,25H,2H2,1H3. The first-order valence-corrected chi connectivity index (χ1v) is 8.17. The lowest BCUT2D eigenvalue weighted by molar-refractivity contribution is 0.474. The van der Waals surface area contributed by atoms with Gasteiger partial charge in [0.2, 0.25) is 0 Å². The van der Waals surface area contributed by atoms with Gasteiger partial charge in [-0.2, -0.15) is 10.2 Å². The number of aromatic hydroxyl groups is 1. The lowest BCUT2D eigenvalue weighted by Gasteiger charge is -2.00. The molecule has 3 rings (SSSR count). The van der Waals surface area contributed by atoms with Crippen molar-refractivity contribution in [2.75, 3.05) is 0 Å². The van der Waals surface area contributed by atoms with Crippen LogP contribution in [-0.2, 0) is 6.42 Å². The topological polar surface area (TPSA) is 57.3 Å². The molecule has 0 aliphatic rings. The summed E-state index contributed by atoms with van der Waals surface area (Å²) in [5, 5.41) is 18.5. The Balaban J connectivity index is 1.78. The van der Waals surface area contributed by atoms with Crippen molar-refractivity contribution in [2.24, 2.45) is 15.2 Å². The summed E-state index contributed by atoms with van der Waals surface area (Å²) in [5.41, 5.74) is 4.14. The molecule has 0 aliphatic heterocycles. The van der Waals surface area contributed by atoms with Crippen molar-refractivity contribution in [1.82, 2.24) is 0 Å². The highest BCUT2D eigenvalue weighted by Gasteiger charge is 2.00. The van der Waals surface area contributed by atoms with E-state index in [-0.39, 0.29) is 5.75 Å². The minimum atomic E-state index is 0.158. The summed E-state index contributed by atoms with van der Waals surface area (Å²) >= 11 is 0. The molecule has 0 radical (unpaired) electrons. The Morgan fingerprint density at radius 2 is 1.48 bits per heavy atom. The first-order chi connectivity index (χ1) is 12.2. The van der Waals surface area contributed by atoms with Crippen LogP contribution in [0.25, 0.3) is 0 Å². The molecule has 0 spiro atoms. The molecule has 3 aromatic carbocycles. The molecule has 3 aromatic rings. The quantitative estimate of drug-likeness (QED) is 0.445. The Morgan fingerprint density at radius 3 is 2.20 bits per heavy atom. The minimum absolute atomic E-state index is 0.158. The smallest absolute Gasteiger partial charge is 0.124 e. The summed E-state index contributed by atoms with van der Waals surface area (Å²) in [4.78, 5) is 4.36. The van der Waals surface area contributed by atoms with Gasteiger partial charge in [-0.15, -0.1) is 0 Å². The molecule has 25 heavy (non-hydrogen) atoms. The second-order valence-corrected chi connectivity index (χ2v) is 5.56. The van der Waals surface area contributed by atoms with Gasteiger partial charge in [0.25, 0.3) is 0 Å². The highest BCUT2D eigenvalue weighted by Crippen LogP contribution is 2.25. The van der Waals surface area contributed by atoms with Crippen molar-refractivity contribution in [2.45, 2.75) is 13.3 Å². The van der Waals surface area contributed by atoms with E-state index in [4.69, 9.17) is 0 Å². The summed E-state index contributed by atoms with van der Waals surface area (Å²) < 4.78 is 0. The van der Waals surface area contributed by atoms with Crippen molar-refractivity contribution in [3.8, 4) is 5.75 Å². The van der Waals surface area contributed by atoms with E-state index in [9.17, 15) is 5.11 Å². The molecule has 0 fully saturated rings. The highest BCUT2D eigenvalue weighted by molar-refractivity contribution is 5.86. The van der Waals surface area contributed by atoms with Gasteiger partial charge in [-0.05, 0) is 54.4 Å². The second kappa shape index (κ2) is 8.02. The SMILES string of the molecule is CCc1ccc(N=Nc2ccc(O)c(C=Nc3ccccc3)c2)cc1. The van der Waals surface area contributed by atoms with E-state index in [2.05, 4.69) is 22.1 Å². The van der Waals surface area contributed by atoms with Crippen LogP contribution in [0, 0.1) is 0 Å². The highest BCUT2D eigenvalue weighted by atomic mass is 16.3. The first-order valence-electron chi connectivity index (χ1n) is 8.17. The molecule has 0 heterocycles. The predicted octanol–water partition coefficient (Wildman–Crippen LogP) is 6.12. The summed E-state index contributed by atoms with van der Waals surface area (Å²) in [6.45, 7) is 2.12. The number of aliphatic imine (C=N–C) groups is 1. The largest absolute Gasteiger partial charge is 0.507 e. The number of nitrogens with zero attached hydrogens (tertiary/aromatic N) is 3. The third kappa shape index (κ3) is 4.61. The monoisotopic (exact) mass is 329 g/mol. The van der Waals surface area contributed by atoms with E-state index >= 15 is 0 Å². The maximum absolute atomic E-state index is 9.99. The van der Waals surface area contributed by atoms with Crippen molar-refractivity contribution in [3.05, 3.63) is 83.9 Å². The molecule has 0 aliphatic carbocycles. The lowest BCUT2D eigenvalue weighted by atomic mass is 10.2. The van der Waals surface area contributed by atoms with Crippen LogP contribution < -0.4 is 0 Å². The molecule has 0 amide bonds. The zero-order chi connectivity index (χ0) is 17.5. The third-order valence-corrected chi connectivity index (χ3v) is 3.75. The summed E-state index contributed by atoms with van der Waals surface area (Å²) in [6.07, 6.45) is 2.62. The van der Waals surface area contributed by atoms with Gasteiger partial charge in [0.1, 0.15) is 5.75 Å². The zero-order valence-corrected chi connectivity index (χ0v) is 14.0. The Kier molecular flexibility index (Phi) is 5.32. The summed E-state index contributed by atoms with van der Waals surface area (Å²) in [6, 6.07) is 22.6. The molecule has 0 atom stereocenters. The number of hydrogen-bond donors (Lipinski definition) is 1. The van der Waals surface area contributed by atoms with Crippen molar-refractivity contribution in [3.63, 3.8) is 0 Å². The van der Waals surface area contributed by atoms with Crippen LogP contribution in [0.15, 0.2) is 88.0 Å². The molecule has 4 nitrogen and oxygen atoms in total. The molecule has 1 N–H and O–H groups in total. The van der Waals surface area contributed by atoms with E-state index in [0.717, 1.165) is 17.8 Å². The van der Waals surface area contributed by atoms with Gasteiger partial charge in [-0.25, -0.2) is 0 Å². The Bertz CT molecular complexity index is 885. The van der Waals surface area contributed by atoms with Crippen molar-refractivity contribution >= 4 is 23.3 Å². The number of aryl methyl sites for hydroxylation is 1. The maximum Gasteiger partial charge on any atom is 0.124 e. The maximum atomic E-state index is 9.99. The average Bonchev–Trinajstić information content (AvgIpc) is 2.67. The average molecular weight is 329 g/mol. The summed E-state index contributed by atoms with van der Waals surface area (Å²) in [5.74, 6) is 0.158. The molecule has 0 aromatic heterocycles. The fourth-order valence-corrected chi connectivity index (χ4v) is 2.28. The van der Waals surface area contributed by atoms with Crippen LogP contribution in [0.2, 0.25) is 0 Å². The lowest BCUT2D eigenvalue weighted by Crippen LogP contribution is -1.82. The molecule has 0 saturated heterocycles. The number of benzene rings is 3. The Morgan fingerprint density at radius 1 is 0.800 bits per heavy atom. The fraction of sp³-hybridized carbons (Fsp3) is 0.0952. The molecule has 0 bridgehead atoms. The van der Waals surface area contributed by atoms with Gasteiger partial charge < -0.3 is 5.11 Å². The van der Waals surface area contributed by atoms with Crippen LogP contribution in [0.1, 0.15) is 18.1 Å². The Hall–Kier alpha value is -3.27. The van der Waals surface area contributed by atoms with E-state index in [1.807, 2.05) is 54.6 Å². The number of rotatable bonds is 5. The van der Waals surface area contributed by atoms with Crippen LogP contribution >= 0.6 is 0 Å². The predicted molar refractivity (Wildman–Crippen MR) is 102 cm³/mol. The van der Waals surface area contributed by atoms with Gasteiger partial charge in [-0.1, -0.05) is 37.3 Å². The van der Waals surface area contributed by atoms with E-state index in [0.29, 0.717) is 11.3 Å².